The molecule has 2 amide bonds. The molecule has 0 aliphatic carbocycles. The lowest BCUT2D eigenvalue weighted by Gasteiger charge is -2.30. The van der Waals surface area contributed by atoms with Crippen LogP contribution in [0.1, 0.15) is 35.6 Å². The zero-order valence-electron chi connectivity index (χ0n) is 17.4. The van der Waals surface area contributed by atoms with Gasteiger partial charge in [0.2, 0.25) is 5.91 Å². The molecule has 0 spiro atoms. The fraction of sp³-hybridized carbons (Fsp3) is 0.391. The van der Waals surface area contributed by atoms with Crippen LogP contribution in [0.4, 0.5) is 0 Å². The zero-order chi connectivity index (χ0) is 20.7. The Kier molecular flexibility index (Phi) is 7.61. The van der Waals surface area contributed by atoms with Crippen LogP contribution in [0.15, 0.2) is 42.5 Å². The van der Waals surface area contributed by atoms with Gasteiger partial charge in [0, 0.05) is 13.6 Å². The molecule has 1 atom stereocenters. The van der Waals surface area contributed by atoms with Gasteiger partial charge in [0.1, 0.15) is 11.8 Å². The maximum atomic E-state index is 13.0. The minimum Gasteiger partial charge on any atom is -0.484 e. The van der Waals surface area contributed by atoms with Gasteiger partial charge in [-0.05, 0) is 56.0 Å². The molecule has 0 aromatic heterocycles. The first-order chi connectivity index (χ1) is 13.3. The summed E-state index contributed by atoms with van der Waals surface area (Å²) in [5.74, 6) is 0.267. The van der Waals surface area contributed by atoms with E-state index in [9.17, 15) is 9.59 Å². The number of amides is 2. The Bertz CT molecular complexity index is 815. The van der Waals surface area contributed by atoms with Gasteiger partial charge in [-0.2, -0.15) is 0 Å². The van der Waals surface area contributed by atoms with Gasteiger partial charge < -0.3 is 15.0 Å². The van der Waals surface area contributed by atoms with E-state index in [-0.39, 0.29) is 18.4 Å². The van der Waals surface area contributed by atoms with E-state index in [1.54, 1.807) is 11.9 Å². The number of carbonyl (C=O) groups excluding carboxylic acids is 2. The molecule has 5 heteroatoms. The summed E-state index contributed by atoms with van der Waals surface area (Å²) in [6.45, 7) is 8.21. The molecule has 2 aromatic carbocycles. The van der Waals surface area contributed by atoms with Crippen LogP contribution in [0.25, 0.3) is 0 Å². The molecule has 28 heavy (non-hydrogen) atoms. The molecule has 0 fully saturated rings. The van der Waals surface area contributed by atoms with Crippen LogP contribution in [0.5, 0.6) is 5.75 Å². The number of ether oxygens (including phenoxy) is 1. The van der Waals surface area contributed by atoms with Crippen LogP contribution in [0.2, 0.25) is 0 Å². The Labute approximate surface area is 167 Å². The maximum absolute atomic E-state index is 13.0. The van der Waals surface area contributed by atoms with Crippen LogP contribution in [-0.4, -0.2) is 36.4 Å². The summed E-state index contributed by atoms with van der Waals surface area (Å²) >= 11 is 0. The Balaban J connectivity index is 2.18. The highest BCUT2D eigenvalue weighted by molar-refractivity contribution is 5.88. The van der Waals surface area contributed by atoms with Gasteiger partial charge in [0.15, 0.2) is 6.61 Å². The van der Waals surface area contributed by atoms with Gasteiger partial charge in [0.25, 0.3) is 5.91 Å². The second kappa shape index (κ2) is 9.93. The lowest BCUT2D eigenvalue weighted by Crippen LogP contribution is -2.49. The molecule has 0 aliphatic rings. The first-order valence-corrected chi connectivity index (χ1v) is 9.62. The Hall–Kier alpha value is -2.82. The Morgan fingerprint density at radius 2 is 1.71 bits per heavy atom. The average molecular weight is 383 g/mol. The van der Waals surface area contributed by atoms with Crippen molar-refractivity contribution in [3.05, 3.63) is 64.7 Å². The number of rotatable bonds is 8. The normalized spacial score (nSPS) is 11.6. The summed E-state index contributed by atoms with van der Waals surface area (Å²) in [5, 5.41) is 2.66. The van der Waals surface area contributed by atoms with Crippen LogP contribution in [0, 0.1) is 20.8 Å². The molecule has 0 bridgehead atoms. The van der Waals surface area contributed by atoms with Crippen molar-refractivity contribution in [2.75, 3.05) is 13.7 Å². The number of carbonyl (C=O) groups is 2. The fourth-order valence-corrected chi connectivity index (χ4v) is 3.01. The third-order valence-corrected chi connectivity index (χ3v) is 4.95. The largest absolute Gasteiger partial charge is 0.484 e. The van der Waals surface area contributed by atoms with E-state index in [0.29, 0.717) is 18.7 Å². The second-order valence-electron chi connectivity index (χ2n) is 7.08. The van der Waals surface area contributed by atoms with Crippen molar-refractivity contribution < 1.29 is 14.3 Å². The molecular weight excluding hydrogens is 352 g/mol. The van der Waals surface area contributed by atoms with Crippen molar-refractivity contribution in [3.8, 4) is 5.75 Å². The predicted molar refractivity (Wildman–Crippen MR) is 111 cm³/mol. The molecule has 0 aliphatic heterocycles. The molecular formula is C23H30N2O3. The number of benzene rings is 2. The molecule has 5 nitrogen and oxygen atoms in total. The second-order valence-corrected chi connectivity index (χ2v) is 7.08. The molecule has 0 saturated carbocycles. The van der Waals surface area contributed by atoms with Gasteiger partial charge in [0.05, 0.1) is 0 Å². The highest BCUT2D eigenvalue weighted by Gasteiger charge is 2.28. The third-order valence-electron chi connectivity index (χ3n) is 4.95. The first-order valence-electron chi connectivity index (χ1n) is 9.62. The summed E-state index contributed by atoms with van der Waals surface area (Å²) < 4.78 is 5.73. The number of aryl methyl sites for hydroxylation is 3. The predicted octanol–water partition coefficient (Wildman–Crippen LogP) is 3.54. The molecule has 2 aromatic rings. The lowest BCUT2D eigenvalue weighted by atomic mass is 10.1. The van der Waals surface area contributed by atoms with Crippen molar-refractivity contribution >= 4 is 11.8 Å². The van der Waals surface area contributed by atoms with E-state index in [0.717, 1.165) is 16.7 Å². The van der Waals surface area contributed by atoms with Crippen molar-refractivity contribution in [1.29, 1.82) is 0 Å². The van der Waals surface area contributed by atoms with Gasteiger partial charge in [-0.3, -0.25) is 9.59 Å². The number of nitrogens with zero attached hydrogens (tertiary/aromatic N) is 1. The molecule has 2 rings (SSSR count). The zero-order valence-corrected chi connectivity index (χ0v) is 17.4. The lowest BCUT2D eigenvalue weighted by molar-refractivity contribution is -0.142. The van der Waals surface area contributed by atoms with E-state index >= 15 is 0 Å². The van der Waals surface area contributed by atoms with Crippen molar-refractivity contribution in [3.63, 3.8) is 0 Å². The quantitative estimate of drug-likeness (QED) is 0.760. The van der Waals surface area contributed by atoms with Crippen molar-refractivity contribution in [2.45, 2.75) is 46.7 Å². The molecule has 0 radical (unpaired) electrons. The first kappa shape index (κ1) is 21.5. The van der Waals surface area contributed by atoms with Gasteiger partial charge in [-0.25, -0.2) is 0 Å². The van der Waals surface area contributed by atoms with Crippen LogP contribution < -0.4 is 10.1 Å². The van der Waals surface area contributed by atoms with E-state index in [1.807, 2.05) is 70.2 Å². The SMILES string of the molecule is CCC(C(=O)NC)N(Cc1ccc(C)cc1)C(=O)COc1ccc(C)c(C)c1. The molecule has 0 saturated heterocycles. The van der Waals surface area contributed by atoms with E-state index in [2.05, 4.69) is 5.32 Å². The molecule has 1 unspecified atom stereocenters. The van der Waals surface area contributed by atoms with Crippen molar-refractivity contribution in [2.24, 2.45) is 0 Å². The molecule has 0 heterocycles. The van der Waals surface area contributed by atoms with Gasteiger partial charge in [-0.1, -0.05) is 42.8 Å². The monoisotopic (exact) mass is 382 g/mol. The van der Waals surface area contributed by atoms with Crippen LogP contribution >= 0.6 is 0 Å². The van der Waals surface area contributed by atoms with Gasteiger partial charge in [-0.15, -0.1) is 0 Å². The Morgan fingerprint density at radius 3 is 2.29 bits per heavy atom. The van der Waals surface area contributed by atoms with E-state index < -0.39 is 6.04 Å². The third kappa shape index (κ3) is 5.59. The fourth-order valence-electron chi connectivity index (χ4n) is 3.01. The average Bonchev–Trinajstić information content (AvgIpc) is 2.69. The topological polar surface area (TPSA) is 58.6 Å². The van der Waals surface area contributed by atoms with E-state index in [4.69, 9.17) is 4.74 Å². The minimum atomic E-state index is -0.540. The minimum absolute atomic E-state index is 0.109. The van der Waals surface area contributed by atoms with Crippen LogP contribution in [0.3, 0.4) is 0 Å². The van der Waals surface area contributed by atoms with Crippen LogP contribution in [-0.2, 0) is 16.1 Å². The summed E-state index contributed by atoms with van der Waals surface area (Å²) in [4.78, 5) is 26.9. The number of hydrogen-bond acceptors (Lipinski definition) is 3. The summed E-state index contributed by atoms with van der Waals surface area (Å²) in [6, 6.07) is 13.2. The number of nitrogens with one attached hydrogen (secondary N) is 1. The number of hydrogen-bond donors (Lipinski definition) is 1. The maximum Gasteiger partial charge on any atom is 0.261 e. The Morgan fingerprint density at radius 1 is 1.04 bits per heavy atom. The summed E-state index contributed by atoms with van der Waals surface area (Å²) in [5.41, 5.74) is 4.41. The van der Waals surface area contributed by atoms with Crippen molar-refractivity contribution in [1.82, 2.24) is 10.2 Å². The smallest absolute Gasteiger partial charge is 0.261 e. The number of likely N-dealkylation sites (N-methyl/N-ethyl adjacent to an activating group) is 1. The van der Waals surface area contributed by atoms with Gasteiger partial charge >= 0.3 is 0 Å². The highest BCUT2D eigenvalue weighted by Crippen LogP contribution is 2.18. The standard InChI is InChI=1S/C23H30N2O3/c1-6-21(23(27)24-5)25(14-19-10-7-16(2)8-11-19)22(26)15-28-20-12-9-17(3)18(4)13-20/h7-13,21H,6,14-15H2,1-5H3,(H,24,27). The van der Waals surface area contributed by atoms with E-state index in [1.165, 1.54) is 5.56 Å². The summed E-state index contributed by atoms with van der Waals surface area (Å²) in [6.07, 6.45) is 0.529. The highest BCUT2D eigenvalue weighted by atomic mass is 16.5. The molecule has 150 valence electrons. The molecule has 1 N–H and O–H groups in total. The summed E-state index contributed by atoms with van der Waals surface area (Å²) in [7, 11) is 1.59.